The van der Waals surface area contributed by atoms with Crippen LogP contribution in [0.4, 0.5) is 0 Å². The number of rotatable bonds is 7. The average Bonchev–Trinajstić information content (AvgIpc) is 2.34. The summed E-state index contributed by atoms with van der Waals surface area (Å²) in [6, 6.07) is 5.68. The first-order valence-electron chi connectivity index (χ1n) is 5.40. The number of hydrogen-bond acceptors (Lipinski definition) is 4. The highest BCUT2D eigenvalue weighted by atomic mass is 16.5. The van der Waals surface area contributed by atoms with Gasteiger partial charge in [-0.15, -0.1) is 0 Å². The van der Waals surface area contributed by atoms with E-state index in [9.17, 15) is 0 Å². The SMILES string of the molecule is CCOCCOc1c(CN)cccc1OC. The number of para-hydroxylation sites is 1. The number of ether oxygens (including phenoxy) is 3. The van der Waals surface area contributed by atoms with Gasteiger partial charge in [0, 0.05) is 18.7 Å². The zero-order chi connectivity index (χ0) is 11.8. The summed E-state index contributed by atoms with van der Waals surface area (Å²) in [5.41, 5.74) is 6.58. The third-order valence-corrected chi connectivity index (χ3v) is 2.18. The van der Waals surface area contributed by atoms with E-state index in [0.29, 0.717) is 37.9 Å². The fourth-order valence-corrected chi connectivity index (χ4v) is 1.39. The summed E-state index contributed by atoms with van der Waals surface area (Å²) in [6.45, 7) is 4.15. The molecule has 1 rings (SSSR count). The Kier molecular flexibility index (Phi) is 5.67. The zero-order valence-electron chi connectivity index (χ0n) is 9.86. The molecular formula is C12H19NO3. The van der Waals surface area contributed by atoms with Crippen molar-refractivity contribution in [3.63, 3.8) is 0 Å². The Labute approximate surface area is 96.3 Å². The minimum absolute atomic E-state index is 0.432. The molecule has 0 aliphatic carbocycles. The van der Waals surface area contributed by atoms with Crippen LogP contribution in [0.1, 0.15) is 12.5 Å². The predicted molar refractivity (Wildman–Crippen MR) is 62.9 cm³/mol. The van der Waals surface area contributed by atoms with Crippen molar-refractivity contribution >= 4 is 0 Å². The summed E-state index contributed by atoms with van der Waals surface area (Å²) in [6.07, 6.45) is 0. The van der Waals surface area contributed by atoms with E-state index in [0.717, 1.165) is 5.56 Å². The monoisotopic (exact) mass is 225 g/mol. The van der Waals surface area contributed by atoms with Crippen LogP contribution >= 0.6 is 0 Å². The molecule has 90 valence electrons. The van der Waals surface area contributed by atoms with Crippen LogP contribution in [0.15, 0.2) is 18.2 Å². The van der Waals surface area contributed by atoms with Gasteiger partial charge in [0.15, 0.2) is 11.5 Å². The third kappa shape index (κ3) is 3.40. The molecule has 2 N–H and O–H groups in total. The fraction of sp³-hybridized carbons (Fsp3) is 0.500. The lowest BCUT2D eigenvalue weighted by atomic mass is 10.2. The van der Waals surface area contributed by atoms with E-state index in [-0.39, 0.29) is 0 Å². The van der Waals surface area contributed by atoms with Gasteiger partial charge in [-0.1, -0.05) is 12.1 Å². The predicted octanol–water partition coefficient (Wildman–Crippen LogP) is 1.57. The molecular weight excluding hydrogens is 206 g/mol. The first-order valence-corrected chi connectivity index (χ1v) is 5.40. The van der Waals surface area contributed by atoms with E-state index in [4.69, 9.17) is 19.9 Å². The summed E-state index contributed by atoms with van der Waals surface area (Å²) in [5, 5.41) is 0. The third-order valence-electron chi connectivity index (χ3n) is 2.18. The molecule has 1 aromatic carbocycles. The molecule has 0 aliphatic heterocycles. The van der Waals surface area contributed by atoms with Gasteiger partial charge in [-0.25, -0.2) is 0 Å². The Morgan fingerprint density at radius 3 is 2.69 bits per heavy atom. The van der Waals surface area contributed by atoms with Crippen molar-refractivity contribution in [3.8, 4) is 11.5 Å². The van der Waals surface area contributed by atoms with Gasteiger partial charge in [0.25, 0.3) is 0 Å². The molecule has 0 unspecified atom stereocenters. The maximum Gasteiger partial charge on any atom is 0.165 e. The van der Waals surface area contributed by atoms with E-state index in [2.05, 4.69) is 0 Å². The summed E-state index contributed by atoms with van der Waals surface area (Å²) >= 11 is 0. The summed E-state index contributed by atoms with van der Waals surface area (Å²) < 4.78 is 16.1. The van der Waals surface area contributed by atoms with Gasteiger partial charge >= 0.3 is 0 Å². The van der Waals surface area contributed by atoms with Gasteiger partial charge in [-0.2, -0.15) is 0 Å². The molecule has 0 aromatic heterocycles. The maximum atomic E-state index is 5.64. The zero-order valence-corrected chi connectivity index (χ0v) is 9.86. The normalized spacial score (nSPS) is 10.2. The van der Waals surface area contributed by atoms with Crippen molar-refractivity contribution in [2.45, 2.75) is 13.5 Å². The Bertz CT molecular complexity index is 293. The van der Waals surface area contributed by atoms with Crippen molar-refractivity contribution < 1.29 is 14.2 Å². The van der Waals surface area contributed by atoms with Crippen molar-refractivity contribution in [2.24, 2.45) is 5.73 Å². The average molecular weight is 225 g/mol. The molecule has 0 heterocycles. The van der Waals surface area contributed by atoms with Gasteiger partial charge in [0.2, 0.25) is 0 Å². The highest BCUT2D eigenvalue weighted by Gasteiger charge is 2.08. The van der Waals surface area contributed by atoms with Crippen molar-refractivity contribution in [2.75, 3.05) is 26.9 Å². The lowest BCUT2D eigenvalue weighted by molar-refractivity contribution is 0.108. The fourth-order valence-electron chi connectivity index (χ4n) is 1.39. The molecule has 16 heavy (non-hydrogen) atoms. The van der Waals surface area contributed by atoms with Crippen molar-refractivity contribution in [1.29, 1.82) is 0 Å². The van der Waals surface area contributed by atoms with E-state index >= 15 is 0 Å². The lowest BCUT2D eigenvalue weighted by Gasteiger charge is -2.13. The van der Waals surface area contributed by atoms with E-state index in [1.165, 1.54) is 0 Å². The van der Waals surface area contributed by atoms with Crippen LogP contribution in [0.5, 0.6) is 11.5 Å². The minimum Gasteiger partial charge on any atom is -0.493 e. The van der Waals surface area contributed by atoms with Crippen LogP contribution in [0.3, 0.4) is 0 Å². The van der Waals surface area contributed by atoms with Crippen LogP contribution in [-0.2, 0) is 11.3 Å². The number of benzene rings is 1. The molecule has 0 radical (unpaired) electrons. The Morgan fingerprint density at radius 2 is 2.06 bits per heavy atom. The van der Waals surface area contributed by atoms with Crippen molar-refractivity contribution in [3.05, 3.63) is 23.8 Å². The van der Waals surface area contributed by atoms with Gasteiger partial charge in [-0.05, 0) is 13.0 Å². The molecule has 0 atom stereocenters. The molecule has 0 spiro atoms. The lowest BCUT2D eigenvalue weighted by Crippen LogP contribution is -2.09. The summed E-state index contributed by atoms with van der Waals surface area (Å²) in [7, 11) is 1.62. The quantitative estimate of drug-likeness (QED) is 0.716. The highest BCUT2D eigenvalue weighted by Crippen LogP contribution is 2.30. The molecule has 0 saturated carbocycles. The maximum absolute atomic E-state index is 5.64. The second kappa shape index (κ2) is 7.09. The molecule has 0 fully saturated rings. The summed E-state index contributed by atoms with van der Waals surface area (Å²) in [5.74, 6) is 1.42. The van der Waals surface area contributed by atoms with Crippen LogP contribution in [-0.4, -0.2) is 26.9 Å². The molecule has 0 aliphatic rings. The molecule has 0 amide bonds. The molecule has 4 heteroatoms. The van der Waals surface area contributed by atoms with Gasteiger partial charge in [0.05, 0.1) is 13.7 Å². The van der Waals surface area contributed by atoms with Crippen LogP contribution < -0.4 is 15.2 Å². The summed E-state index contributed by atoms with van der Waals surface area (Å²) in [4.78, 5) is 0. The minimum atomic E-state index is 0.432. The number of methoxy groups -OCH3 is 1. The second-order valence-corrected chi connectivity index (χ2v) is 3.20. The largest absolute Gasteiger partial charge is 0.493 e. The van der Waals surface area contributed by atoms with E-state index < -0.39 is 0 Å². The topological polar surface area (TPSA) is 53.7 Å². The van der Waals surface area contributed by atoms with Crippen LogP contribution in [0.25, 0.3) is 0 Å². The van der Waals surface area contributed by atoms with Crippen LogP contribution in [0.2, 0.25) is 0 Å². The van der Waals surface area contributed by atoms with Gasteiger partial charge in [0.1, 0.15) is 6.61 Å². The second-order valence-electron chi connectivity index (χ2n) is 3.20. The first kappa shape index (κ1) is 12.8. The molecule has 4 nitrogen and oxygen atoms in total. The number of nitrogens with two attached hydrogens (primary N) is 1. The van der Waals surface area contributed by atoms with Gasteiger partial charge < -0.3 is 19.9 Å². The Morgan fingerprint density at radius 1 is 1.25 bits per heavy atom. The Balaban J connectivity index is 2.67. The molecule has 0 bridgehead atoms. The first-order chi connectivity index (χ1) is 7.83. The van der Waals surface area contributed by atoms with Crippen molar-refractivity contribution in [1.82, 2.24) is 0 Å². The highest BCUT2D eigenvalue weighted by molar-refractivity contribution is 5.46. The van der Waals surface area contributed by atoms with E-state index in [1.807, 2.05) is 25.1 Å². The molecule has 0 saturated heterocycles. The van der Waals surface area contributed by atoms with Crippen LogP contribution in [0, 0.1) is 0 Å². The Hall–Kier alpha value is -1.26. The standard InChI is InChI=1S/C12H19NO3/c1-3-15-7-8-16-12-10(9-13)5-4-6-11(12)14-2/h4-6H,3,7-9,13H2,1-2H3. The van der Waals surface area contributed by atoms with E-state index in [1.54, 1.807) is 7.11 Å². The smallest absolute Gasteiger partial charge is 0.165 e. The molecule has 1 aromatic rings. The van der Waals surface area contributed by atoms with Gasteiger partial charge in [-0.3, -0.25) is 0 Å². The number of hydrogen-bond donors (Lipinski definition) is 1.